The van der Waals surface area contributed by atoms with Crippen LogP contribution in [-0.2, 0) is 26.0 Å². The SMILES string of the molecule is C[C@@H](C(=O)NC(C)(C)C)N(CCc1ccccc1)C(=O)CCN1C(=O)c2ccccc2S1(=O)=O. The predicted molar refractivity (Wildman–Crippen MR) is 128 cm³/mol. The Hall–Kier alpha value is -3.20. The minimum Gasteiger partial charge on any atom is -0.350 e. The van der Waals surface area contributed by atoms with Crippen LogP contribution < -0.4 is 5.32 Å². The second kappa shape index (κ2) is 9.97. The van der Waals surface area contributed by atoms with Crippen LogP contribution in [0.25, 0.3) is 0 Å². The number of rotatable bonds is 8. The highest BCUT2D eigenvalue weighted by atomic mass is 32.2. The molecule has 0 saturated carbocycles. The summed E-state index contributed by atoms with van der Waals surface area (Å²) in [7, 11) is -4.00. The first-order chi connectivity index (χ1) is 15.9. The molecule has 1 aliphatic heterocycles. The van der Waals surface area contributed by atoms with Gasteiger partial charge in [0.15, 0.2) is 0 Å². The van der Waals surface area contributed by atoms with Gasteiger partial charge in [-0.15, -0.1) is 0 Å². The minimum atomic E-state index is -4.00. The molecule has 2 aromatic carbocycles. The van der Waals surface area contributed by atoms with Crippen molar-refractivity contribution in [2.24, 2.45) is 0 Å². The van der Waals surface area contributed by atoms with Crippen molar-refractivity contribution in [1.82, 2.24) is 14.5 Å². The van der Waals surface area contributed by atoms with Gasteiger partial charge in [0.1, 0.15) is 10.9 Å². The van der Waals surface area contributed by atoms with Gasteiger partial charge < -0.3 is 10.2 Å². The summed E-state index contributed by atoms with van der Waals surface area (Å²) in [5.41, 5.74) is 0.645. The lowest BCUT2D eigenvalue weighted by Gasteiger charge is -2.32. The van der Waals surface area contributed by atoms with Crippen LogP contribution in [-0.4, -0.2) is 60.0 Å². The highest BCUT2D eigenvalue weighted by Gasteiger charge is 2.41. The van der Waals surface area contributed by atoms with Gasteiger partial charge in [0.05, 0.1) is 5.56 Å². The number of benzene rings is 2. The standard InChI is InChI=1S/C25H31N3O5S/c1-18(23(30)26-25(2,3)4)27(16-14-19-10-6-5-7-11-19)22(29)15-17-28-24(31)20-12-8-9-13-21(20)34(28,32)33/h5-13,18H,14-17H2,1-4H3,(H,26,30)/t18-/m0/s1. The van der Waals surface area contributed by atoms with Crippen molar-refractivity contribution in [2.75, 3.05) is 13.1 Å². The first kappa shape index (κ1) is 25.4. The van der Waals surface area contributed by atoms with E-state index in [4.69, 9.17) is 0 Å². The third-order valence-corrected chi connectivity index (χ3v) is 7.43. The van der Waals surface area contributed by atoms with Crippen molar-refractivity contribution in [2.45, 2.75) is 57.0 Å². The van der Waals surface area contributed by atoms with E-state index in [1.54, 1.807) is 19.1 Å². The summed E-state index contributed by atoms with van der Waals surface area (Å²) >= 11 is 0. The predicted octanol–water partition coefficient (Wildman–Crippen LogP) is 2.60. The Morgan fingerprint density at radius 1 is 1.03 bits per heavy atom. The average Bonchev–Trinajstić information content (AvgIpc) is 2.97. The Kier molecular flexibility index (Phi) is 7.45. The molecule has 1 aliphatic rings. The number of hydrogen-bond donors (Lipinski definition) is 1. The summed E-state index contributed by atoms with van der Waals surface area (Å²) in [4.78, 5) is 40.1. The fraction of sp³-hybridized carbons (Fsp3) is 0.400. The molecule has 1 heterocycles. The quantitative estimate of drug-likeness (QED) is 0.619. The van der Waals surface area contributed by atoms with E-state index in [1.165, 1.54) is 17.0 Å². The minimum absolute atomic E-state index is 0.0497. The van der Waals surface area contributed by atoms with Gasteiger partial charge in [-0.3, -0.25) is 14.4 Å². The van der Waals surface area contributed by atoms with Crippen molar-refractivity contribution in [3.63, 3.8) is 0 Å². The summed E-state index contributed by atoms with van der Waals surface area (Å²) in [6, 6.07) is 14.8. The molecule has 3 amide bonds. The topological polar surface area (TPSA) is 104 Å². The monoisotopic (exact) mass is 485 g/mol. The number of carbonyl (C=O) groups is 3. The number of carbonyl (C=O) groups excluding carboxylic acids is 3. The molecule has 182 valence electrons. The van der Waals surface area contributed by atoms with Gasteiger partial charge in [-0.2, -0.15) is 0 Å². The second-order valence-electron chi connectivity index (χ2n) is 9.37. The van der Waals surface area contributed by atoms with E-state index < -0.39 is 33.4 Å². The van der Waals surface area contributed by atoms with E-state index in [1.807, 2.05) is 51.1 Å². The van der Waals surface area contributed by atoms with Gasteiger partial charge in [-0.1, -0.05) is 42.5 Å². The molecule has 1 atom stereocenters. The van der Waals surface area contributed by atoms with Crippen LogP contribution in [0.15, 0.2) is 59.5 Å². The Balaban J connectivity index is 1.75. The normalized spacial score (nSPS) is 15.5. The van der Waals surface area contributed by atoms with E-state index in [0.717, 1.165) is 9.87 Å². The van der Waals surface area contributed by atoms with Crippen LogP contribution in [0, 0.1) is 0 Å². The molecule has 0 bridgehead atoms. The third-order valence-electron chi connectivity index (χ3n) is 5.59. The summed E-state index contributed by atoms with van der Waals surface area (Å²) in [6.45, 7) is 7.21. The molecule has 3 rings (SSSR count). The molecule has 34 heavy (non-hydrogen) atoms. The molecule has 0 unspecified atom stereocenters. The summed E-state index contributed by atoms with van der Waals surface area (Å²) < 4.78 is 26.3. The number of hydrogen-bond acceptors (Lipinski definition) is 5. The van der Waals surface area contributed by atoms with Crippen LogP contribution in [0.3, 0.4) is 0 Å². The molecule has 0 fully saturated rings. The smallest absolute Gasteiger partial charge is 0.269 e. The molecule has 1 N–H and O–H groups in total. The molecule has 0 aromatic heterocycles. The van der Waals surface area contributed by atoms with Gasteiger partial charge >= 0.3 is 0 Å². The zero-order chi connectivity index (χ0) is 25.1. The number of amides is 3. The van der Waals surface area contributed by atoms with Crippen LogP contribution >= 0.6 is 0 Å². The fourth-order valence-corrected chi connectivity index (χ4v) is 5.41. The number of sulfonamides is 1. The van der Waals surface area contributed by atoms with Crippen LogP contribution in [0.4, 0.5) is 0 Å². The van der Waals surface area contributed by atoms with Crippen molar-refractivity contribution in [1.29, 1.82) is 0 Å². The first-order valence-electron chi connectivity index (χ1n) is 11.2. The summed E-state index contributed by atoms with van der Waals surface area (Å²) in [5, 5.41) is 2.89. The van der Waals surface area contributed by atoms with Crippen molar-refractivity contribution in [3.05, 3.63) is 65.7 Å². The fourth-order valence-electron chi connectivity index (χ4n) is 3.84. The molecule has 0 radical (unpaired) electrons. The van der Waals surface area contributed by atoms with E-state index >= 15 is 0 Å². The van der Waals surface area contributed by atoms with E-state index in [2.05, 4.69) is 5.32 Å². The van der Waals surface area contributed by atoms with Crippen molar-refractivity contribution < 1.29 is 22.8 Å². The molecule has 2 aromatic rings. The highest BCUT2D eigenvalue weighted by Crippen LogP contribution is 2.30. The average molecular weight is 486 g/mol. The van der Waals surface area contributed by atoms with Gasteiger partial charge in [-0.05, 0) is 51.8 Å². The summed E-state index contributed by atoms with van der Waals surface area (Å²) in [6.07, 6.45) is 0.312. The Bertz CT molecular complexity index is 1170. The van der Waals surface area contributed by atoms with E-state index in [9.17, 15) is 22.8 Å². The van der Waals surface area contributed by atoms with Gasteiger partial charge in [0.2, 0.25) is 11.8 Å². The lowest BCUT2D eigenvalue weighted by Crippen LogP contribution is -2.53. The Labute approximate surface area is 201 Å². The van der Waals surface area contributed by atoms with Crippen LogP contribution in [0.5, 0.6) is 0 Å². The van der Waals surface area contributed by atoms with Crippen molar-refractivity contribution in [3.8, 4) is 0 Å². The van der Waals surface area contributed by atoms with Crippen LogP contribution in [0.1, 0.15) is 50.0 Å². The molecule has 9 heteroatoms. The maximum absolute atomic E-state index is 13.2. The second-order valence-corrected chi connectivity index (χ2v) is 11.2. The highest BCUT2D eigenvalue weighted by molar-refractivity contribution is 7.90. The van der Waals surface area contributed by atoms with Crippen LogP contribution in [0.2, 0.25) is 0 Å². The molecule has 8 nitrogen and oxygen atoms in total. The first-order valence-corrected chi connectivity index (χ1v) is 12.7. The lowest BCUT2D eigenvalue weighted by atomic mass is 10.1. The van der Waals surface area contributed by atoms with E-state index in [-0.39, 0.29) is 35.9 Å². The van der Waals surface area contributed by atoms with Crippen molar-refractivity contribution >= 4 is 27.7 Å². The maximum atomic E-state index is 13.2. The van der Waals surface area contributed by atoms with Gasteiger partial charge in [0, 0.05) is 25.0 Å². The number of nitrogens with zero attached hydrogens (tertiary/aromatic N) is 2. The summed E-state index contributed by atoms with van der Waals surface area (Å²) in [5.74, 6) is -1.34. The third kappa shape index (κ3) is 5.64. The Morgan fingerprint density at radius 3 is 2.26 bits per heavy atom. The largest absolute Gasteiger partial charge is 0.350 e. The molecule has 0 spiro atoms. The maximum Gasteiger partial charge on any atom is 0.269 e. The van der Waals surface area contributed by atoms with E-state index in [0.29, 0.717) is 6.42 Å². The number of nitrogens with one attached hydrogen (secondary N) is 1. The zero-order valence-electron chi connectivity index (χ0n) is 19.9. The molecular weight excluding hydrogens is 454 g/mol. The lowest BCUT2D eigenvalue weighted by molar-refractivity contribution is -0.140. The number of fused-ring (bicyclic) bond motifs is 1. The zero-order valence-corrected chi connectivity index (χ0v) is 20.8. The molecule has 0 saturated heterocycles. The Morgan fingerprint density at radius 2 is 1.65 bits per heavy atom. The molecular formula is C25H31N3O5S. The van der Waals surface area contributed by atoms with Gasteiger partial charge in [-0.25, -0.2) is 12.7 Å². The van der Waals surface area contributed by atoms with Gasteiger partial charge in [0.25, 0.3) is 15.9 Å². The molecule has 0 aliphatic carbocycles.